The van der Waals surface area contributed by atoms with Crippen molar-refractivity contribution in [2.24, 2.45) is 0 Å². The molecule has 0 saturated carbocycles. The van der Waals surface area contributed by atoms with Crippen LogP contribution in [-0.2, 0) is 4.74 Å². The van der Waals surface area contributed by atoms with Gasteiger partial charge in [-0.2, -0.15) is 0 Å². The summed E-state index contributed by atoms with van der Waals surface area (Å²) in [4.78, 5) is 8.33. The number of hydrogen-bond donors (Lipinski definition) is 5. The van der Waals surface area contributed by atoms with E-state index in [2.05, 4.69) is 4.98 Å². The van der Waals surface area contributed by atoms with Gasteiger partial charge in [0.1, 0.15) is 47.5 Å². The van der Waals surface area contributed by atoms with E-state index < -0.39 is 37.3 Å². The highest BCUT2D eigenvalue weighted by atomic mass is 16.7. The Balaban J connectivity index is 1.43. The van der Waals surface area contributed by atoms with Crippen LogP contribution in [0.4, 0.5) is 0 Å². The smallest absolute Gasteiger partial charge is 0.229 e. The highest BCUT2D eigenvalue weighted by Crippen LogP contribution is 2.35. The van der Waals surface area contributed by atoms with Crippen molar-refractivity contribution in [1.29, 1.82) is 0 Å². The van der Waals surface area contributed by atoms with Crippen LogP contribution in [0.25, 0.3) is 33.9 Å². The molecule has 5 rings (SSSR count). The number of aromatic amines is 1. The molecule has 5 N–H and O–H groups in total. The number of nitrogens with one attached hydrogen (secondary N) is 1. The fraction of sp³-hybridized carbons (Fsp3) is 0.276. The van der Waals surface area contributed by atoms with Gasteiger partial charge in [0.15, 0.2) is 0 Å². The zero-order valence-electron chi connectivity index (χ0n) is 21.4. The Kier molecular flexibility index (Phi) is 7.82. The summed E-state index contributed by atoms with van der Waals surface area (Å²) in [5, 5.41) is 39.6. The monoisotopic (exact) mass is 534 g/mol. The van der Waals surface area contributed by atoms with Gasteiger partial charge in [-0.05, 0) is 72.8 Å². The average Bonchev–Trinajstić information content (AvgIpc) is 3.43. The Morgan fingerprint density at radius 1 is 0.718 bits per heavy atom. The first-order valence-electron chi connectivity index (χ1n) is 12.4. The Labute approximate surface area is 225 Å². The lowest BCUT2D eigenvalue weighted by atomic mass is 9.99. The number of methoxy groups -OCH3 is 2. The molecule has 1 aromatic heterocycles. The van der Waals surface area contributed by atoms with Crippen molar-refractivity contribution in [3.05, 3.63) is 72.8 Å². The molecule has 1 saturated heterocycles. The molecule has 204 valence electrons. The summed E-state index contributed by atoms with van der Waals surface area (Å²) < 4.78 is 21.7. The number of ether oxygens (including phenoxy) is 4. The molecule has 4 aromatic rings. The van der Waals surface area contributed by atoms with E-state index in [9.17, 15) is 20.4 Å². The fourth-order valence-corrected chi connectivity index (χ4v) is 4.42. The Morgan fingerprint density at radius 2 is 1.26 bits per heavy atom. The Morgan fingerprint density at radius 3 is 1.82 bits per heavy atom. The first-order chi connectivity index (χ1) is 18.9. The normalized spacial score (nSPS) is 22.9. The van der Waals surface area contributed by atoms with Crippen LogP contribution in [-0.4, -0.2) is 81.9 Å². The van der Waals surface area contributed by atoms with Gasteiger partial charge in [-0.3, -0.25) is 0 Å². The van der Waals surface area contributed by atoms with Gasteiger partial charge in [-0.15, -0.1) is 0 Å². The van der Waals surface area contributed by atoms with Crippen molar-refractivity contribution in [3.63, 3.8) is 0 Å². The van der Waals surface area contributed by atoms with Crippen molar-refractivity contribution in [3.8, 4) is 51.2 Å². The van der Waals surface area contributed by atoms with Crippen molar-refractivity contribution in [2.75, 3.05) is 20.8 Å². The summed E-state index contributed by atoms with van der Waals surface area (Å²) in [6, 6.07) is 22.3. The molecule has 0 aliphatic carbocycles. The summed E-state index contributed by atoms with van der Waals surface area (Å²) in [7, 11) is 3.24. The maximum atomic E-state index is 10.3. The minimum Gasteiger partial charge on any atom is -0.497 e. The lowest BCUT2D eigenvalue weighted by molar-refractivity contribution is -0.277. The highest BCUT2D eigenvalue weighted by molar-refractivity contribution is 5.81. The van der Waals surface area contributed by atoms with Gasteiger partial charge in [0.25, 0.3) is 0 Å². The number of aliphatic hydroxyl groups is 4. The molecule has 5 unspecified atom stereocenters. The van der Waals surface area contributed by atoms with E-state index in [1.807, 2.05) is 48.5 Å². The molecule has 0 radical (unpaired) electrons. The average molecular weight is 535 g/mol. The summed E-state index contributed by atoms with van der Waals surface area (Å²) >= 11 is 0. The van der Waals surface area contributed by atoms with Crippen LogP contribution < -0.4 is 14.2 Å². The number of aromatic nitrogens is 2. The molecule has 5 atom stereocenters. The predicted octanol–water partition coefficient (Wildman–Crippen LogP) is 2.61. The van der Waals surface area contributed by atoms with E-state index in [0.29, 0.717) is 11.6 Å². The quantitative estimate of drug-likeness (QED) is 0.230. The second-order valence-electron chi connectivity index (χ2n) is 9.11. The van der Waals surface area contributed by atoms with Crippen molar-refractivity contribution in [2.45, 2.75) is 30.7 Å². The lowest BCUT2D eigenvalue weighted by Crippen LogP contribution is -2.60. The summed E-state index contributed by atoms with van der Waals surface area (Å²) in [5.74, 6) is 2.49. The van der Waals surface area contributed by atoms with Gasteiger partial charge in [-0.25, -0.2) is 4.98 Å². The molecule has 0 spiro atoms. The number of rotatable bonds is 8. The van der Waals surface area contributed by atoms with Gasteiger partial charge < -0.3 is 44.4 Å². The van der Waals surface area contributed by atoms with Crippen molar-refractivity contribution < 1.29 is 39.4 Å². The van der Waals surface area contributed by atoms with Gasteiger partial charge in [0, 0.05) is 16.7 Å². The van der Waals surface area contributed by atoms with Gasteiger partial charge in [0.2, 0.25) is 6.29 Å². The molecule has 1 fully saturated rings. The summed E-state index contributed by atoms with van der Waals surface area (Å²) in [5.41, 5.74) is 4.22. The minimum absolute atomic E-state index is 0.361. The number of imidazole rings is 1. The third-order valence-electron chi connectivity index (χ3n) is 6.67. The first-order valence-corrected chi connectivity index (χ1v) is 12.4. The molecule has 10 heteroatoms. The zero-order chi connectivity index (χ0) is 27.5. The van der Waals surface area contributed by atoms with Crippen LogP contribution in [0.15, 0.2) is 72.8 Å². The SMILES string of the molecule is COc1ccc(-c2nc(-c3ccc(OC4OC(CO)C(O)C(O)C4O)cc3)[nH]c2-c2ccc(OC)cc2)cc1. The van der Waals surface area contributed by atoms with E-state index in [0.717, 1.165) is 39.6 Å². The summed E-state index contributed by atoms with van der Waals surface area (Å²) in [6.07, 6.45) is -6.78. The number of nitrogens with zero attached hydrogens (tertiary/aromatic N) is 1. The van der Waals surface area contributed by atoms with Crippen LogP contribution in [0.2, 0.25) is 0 Å². The van der Waals surface area contributed by atoms with E-state index in [1.165, 1.54) is 0 Å². The predicted molar refractivity (Wildman–Crippen MR) is 142 cm³/mol. The number of benzene rings is 3. The largest absolute Gasteiger partial charge is 0.497 e. The number of hydrogen-bond acceptors (Lipinski definition) is 9. The van der Waals surface area contributed by atoms with Crippen LogP contribution in [0.3, 0.4) is 0 Å². The number of H-pyrrole nitrogens is 1. The van der Waals surface area contributed by atoms with Crippen LogP contribution >= 0.6 is 0 Å². The molecule has 2 heterocycles. The van der Waals surface area contributed by atoms with Gasteiger partial charge in [-0.1, -0.05) is 0 Å². The van der Waals surface area contributed by atoms with Gasteiger partial charge in [0.05, 0.1) is 32.2 Å². The second kappa shape index (κ2) is 11.4. The third kappa shape index (κ3) is 5.47. The van der Waals surface area contributed by atoms with Crippen molar-refractivity contribution in [1.82, 2.24) is 9.97 Å². The number of aliphatic hydroxyl groups excluding tert-OH is 4. The Hall–Kier alpha value is -3.93. The third-order valence-corrected chi connectivity index (χ3v) is 6.67. The Bertz CT molecular complexity index is 1310. The summed E-state index contributed by atoms with van der Waals surface area (Å²) in [6.45, 7) is -0.532. The topological polar surface area (TPSA) is 147 Å². The molecule has 0 amide bonds. The second-order valence-corrected chi connectivity index (χ2v) is 9.11. The molecule has 0 bridgehead atoms. The minimum atomic E-state index is -1.52. The van der Waals surface area contributed by atoms with E-state index >= 15 is 0 Å². The molecule has 1 aliphatic heterocycles. The molecule has 3 aromatic carbocycles. The molecular weight excluding hydrogens is 504 g/mol. The van der Waals surface area contributed by atoms with Crippen LogP contribution in [0, 0.1) is 0 Å². The standard InChI is InChI=1S/C29H30N2O8/c1-36-19-9-3-16(4-10-19)23-24(17-5-11-20(37-2)12-6-17)31-28(30-23)18-7-13-21(14-8-18)38-29-27(35)26(34)25(33)22(15-32)39-29/h3-14,22,25-27,29,32-35H,15H2,1-2H3,(H,30,31). The maximum Gasteiger partial charge on any atom is 0.229 e. The molecule has 39 heavy (non-hydrogen) atoms. The van der Waals surface area contributed by atoms with Crippen molar-refractivity contribution >= 4 is 0 Å². The fourth-order valence-electron chi connectivity index (χ4n) is 4.42. The van der Waals surface area contributed by atoms with Crippen LogP contribution in [0.5, 0.6) is 17.2 Å². The lowest BCUT2D eigenvalue weighted by Gasteiger charge is -2.39. The highest BCUT2D eigenvalue weighted by Gasteiger charge is 2.44. The van der Waals surface area contributed by atoms with Gasteiger partial charge >= 0.3 is 0 Å². The maximum absolute atomic E-state index is 10.3. The van der Waals surface area contributed by atoms with E-state index in [1.54, 1.807) is 38.5 Å². The molecule has 1 aliphatic rings. The van der Waals surface area contributed by atoms with E-state index in [-0.39, 0.29) is 0 Å². The van der Waals surface area contributed by atoms with E-state index in [4.69, 9.17) is 23.9 Å². The van der Waals surface area contributed by atoms with Crippen LogP contribution in [0.1, 0.15) is 0 Å². The zero-order valence-corrected chi connectivity index (χ0v) is 21.4. The first kappa shape index (κ1) is 26.7. The molecule has 10 nitrogen and oxygen atoms in total. The molecular formula is C29H30N2O8.